The number of aromatic nitrogens is 2. The maximum atomic E-state index is 12.3. The summed E-state index contributed by atoms with van der Waals surface area (Å²) >= 11 is 0. The summed E-state index contributed by atoms with van der Waals surface area (Å²) in [6, 6.07) is 7.07. The number of carbonyl (C=O) groups is 1. The van der Waals surface area contributed by atoms with E-state index in [0.29, 0.717) is 17.3 Å². The molecule has 23 heavy (non-hydrogen) atoms. The van der Waals surface area contributed by atoms with Crippen molar-refractivity contribution in [3.8, 4) is 0 Å². The number of nitrogens with zero attached hydrogens (tertiary/aromatic N) is 2. The molecule has 0 aromatic carbocycles. The summed E-state index contributed by atoms with van der Waals surface area (Å²) < 4.78 is 0. The molecule has 0 bridgehead atoms. The molecule has 0 saturated carbocycles. The van der Waals surface area contributed by atoms with E-state index >= 15 is 0 Å². The number of nitrogens with one attached hydrogen (secondary N) is 1. The number of anilines is 1. The smallest absolute Gasteiger partial charge is 0.274 e. The molecule has 1 aliphatic carbocycles. The normalized spacial score (nSPS) is 20.7. The van der Waals surface area contributed by atoms with Crippen molar-refractivity contribution in [1.82, 2.24) is 9.97 Å². The zero-order chi connectivity index (χ0) is 16.2. The van der Waals surface area contributed by atoms with Gasteiger partial charge in [0.05, 0.1) is 18.0 Å². The third kappa shape index (κ3) is 3.63. The molecule has 0 radical (unpaired) electrons. The lowest BCUT2D eigenvalue weighted by Gasteiger charge is -2.24. The Kier molecular flexibility index (Phi) is 4.48. The lowest BCUT2D eigenvalue weighted by atomic mass is 9.85. The maximum absolute atomic E-state index is 12.3. The molecule has 2 aromatic rings. The van der Waals surface area contributed by atoms with Crippen molar-refractivity contribution in [2.75, 3.05) is 5.32 Å². The van der Waals surface area contributed by atoms with Crippen molar-refractivity contribution in [2.45, 2.75) is 25.9 Å². The Morgan fingerprint density at radius 3 is 2.91 bits per heavy atom. The number of carbonyl (C=O) groups excluding carboxylic acids is 1. The number of allylic oxidation sites excluding steroid dienone is 1. The van der Waals surface area contributed by atoms with Gasteiger partial charge >= 0.3 is 0 Å². The molecule has 1 aliphatic rings. The molecule has 0 saturated heterocycles. The monoisotopic (exact) mass is 309 g/mol. The average Bonchev–Trinajstić information content (AvgIpc) is 2.55. The molecule has 2 aromatic heterocycles. The Labute approximate surface area is 135 Å². The molecule has 0 fully saturated rings. The summed E-state index contributed by atoms with van der Waals surface area (Å²) in [4.78, 5) is 20.5. The van der Waals surface area contributed by atoms with E-state index in [1.807, 2.05) is 12.1 Å². The largest absolute Gasteiger partial charge is 0.389 e. The molecular formula is C18H19N3O2. The van der Waals surface area contributed by atoms with E-state index in [4.69, 9.17) is 0 Å². The van der Waals surface area contributed by atoms with E-state index in [1.165, 1.54) is 0 Å². The Hall–Kier alpha value is -2.53. The number of pyridine rings is 2. The fourth-order valence-electron chi connectivity index (χ4n) is 2.90. The van der Waals surface area contributed by atoms with Crippen LogP contribution in [-0.2, 0) is 0 Å². The number of aliphatic hydroxyl groups is 1. The van der Waals surface area contributed by atoms with Gasteiger partial charge in [-0.3, -0.25) is 14.8 Å². The van der Waals surface area contributed by atoms with Gasteiger partial charge in [-0.15, -0.1) is 0 Å². The number of rotatable bonds is 3. The first-order valence-corrected chi connectivity index (χ1v) is 7.69. The molecule has 2 heterocycles. The molecule has 2 N–H and O–H groups in total. The van der Waals surface area contributed by atoms with Crippen molar-refractivity contribution in [2.24, 2.45) is 5.92 Å². The number of aliphatic hydroxyl groups excluding tert-OH is 1. The minimum atomic E-state index is -0.443. The Morgan fingerprint density at radius 1 is 1.30 bits per heavy atom. The van der Waals surface area contributed by atoms with E-state index in [1.54, 1.807) is 36.8 Å². The minimum Gasteiger partial charge on any atom is -0.389 e. The minimum absolute atomic E-state index is 0.273. The van der Waals surface area contributed by atoms with Gasteiger partial charge in [0.25, 0.3) is 5.91 Å². The molecule has 5 nitrogen and oxygen atoms in total. The summed E-state index contributed by atoms with van der Waals surface area (Å²) in [5.74, 6) is 0.127. The van der Waals surface area contributed by atoms with E-state index in [9.17, 15) is 9.90 Å². The summed E-state index contributed by atoms with van der Waals surface area (Å²) in [5, 5.41) is 12.8. The van der Waals surface area contributed by atoms with Crippen LogP contribution in [0.15, 0.2) is 48.9 Å². The van der Waals surface area contributed by atoms with Crippen LogP contribution < -0.4 is 5.32 Å². The average molecular weight is 309 g/mol. The molecule has 2 atom stereocenters. The molecule has 2 unspecified atom stereocenters. The van der Waals surface area contributed by atoms with Crippen LogP contribution in [0.4, 0.5) is 5.69 Å². The first-order valence-electron chi connectivity index (χ1n) is 7.69. The zero-order valence-corrected chi connectivity index (χ0v) is 12.9. The third-order valence-corrected chi connectivity index (χ3v) is 3.92. The summed E-state index contributed by atoms with van der Waals surface area (Å²) in [7, 11) is 0. The van der Waals surface area contributed by atoms with Crippen LogP contribution in [-0.4, -0.2) is 27.1 Å². The lowest BCUT2D eigenvalue weighted by Crippen LogP contribution is -2.18. The van der Waals surface area contributed by atoms with Crippen LogP contribution in [0.3, 0.4) is 0 Å². The highest BCUT2D eigenvalue weighted by Gasteiger charge is 2.21. The van der Waals surface area contributed by atoms with Gasteiger partial charge in [0.2, 0.25) is 0 Å². The highest BCUT2D eigenvalue weighted by atomic mass is 16.3. The van der Waals surface area contributed by atoms with E-state index in [0.717, 1.165) is 24.0 Å². The van der Waals surface area contributed by atoms with Crippen LogP contribution in [0.25, 0.3) is 5.57 Å². The van der Waals surface area contributed by atoms with Gasteiger partial charge in [-0.25, -0.2) is 0 Å². The van der Waals surface area contributed by atoms with Crippen LogP contribution in [0.5, 0.6) is 0 Å². The first kappa shape index (κ1) is 15.4. The molecule has 5 heteroatoms. The van der Waals surface area contributed by atoms with Gasteiger partial charge in [0.15, 0.2) is 0 Å². The summed E-state index contributed by atoms with van der Waals surface area (Å²) in [5.41, 5.74) is 2.92. The van der Waals surface area contributed by atoms with E-state index in [2.05, 4.69) is 22.2 Å². The molecule has 3 rings (SSSR count). The molecule has 118 valence electrons. The Morgan fingerprint density at radius 2 is 2.17 bits per heavy atom. The highest BCUT2D eigenvalue weighted by molar-refractivity contribution is 6.04. The van der Waals surface area contributed by atoms with Crippen LogP contribution in [0, 0.1) is 5.92 Å². The SMILES string of the molecule is CC1CC(c2ccncc2NC(=O)c2ccccn2)=CC(O)C1. The molecule has 0 spiro atoms. The Balaban J connectivity index is 1.88. The zero-order valence-electron chi connectivity index (χ0n) is 12.9. The van der Waals surface area contributed by atoms with Gasteiger partial charge in [0.1, 0.15) is 5.69 Å². The van der Waals surface area contributed by atoms with Crippen LogP contribution in [0.1, 0.15) is 35.8 Å². The highest BCUT2D eigenvalue weighted by Crippen LogP contribution is 2.34. The second-order valence-corrected chi connectivity index (χ2v) is 5.89. The second kappa shape index (κ2) is 6.71. The standard InChI is InChI=1S/C18H19N3O2/c1-12-8-13(10-14(22)9-12)15-5-7-19-11-17(15)21-18(23)16-4-2-3-6-20-16/h2-7,10-12,14,22H,8-9H2,1H3,(H,21,23). The second-order valence-electron chi connectivity index (χ2n) is 5.89. The number of amides is 1. The van der Waals surface area contributed by atoms with Gasteiger partial charge < -0.3 is 10.4 Å². The fraction of sp³-hybridized carbons (Fsp3) is 0.278. The van der Waals surface area contributed by atoms with Crippen molar-refractivity contribution < 1.29 is 9.90 Å². The predicted octanol–water partition coefficient (Wildman–Crippen LogP) is 2.90. The molecule has 1 amide bonds. The van der Waals surface area contributed by atoms with E-state index in [-0.39, 0.29) is 5.91 Å². The molecule has 0 aliphatic heterocycles. The maximum Gasteiger partial charge on any atom is 0.274 e. The summed E-state index contributed by atoms with van der Waals surface area (Å²) in [6.07, 6.45) is 7.96. The van der Waals surface area contributed by atoms with Gasteiger partial charge in [-0.2, -0.15) is 0 Å². The van der Waals surface area contributed by atoms with Crippen molar-refractivity contribution in [3.63, 3.8) is 0 Å². The quantitative estimate of drug-likeness (QED) is 0.914. The van der Waals surface area contributed by atoms with Gasteiger partial charge in [0, 0.05) is 18.0 Å². The van der Waals surface area contributed by atoms with Crippen molar-refractivity contribution >= 4 is 17.2 Å². The Bertz CT molecular complexity index is 728. The van der Waals surface area contributed by atoms with Crippen molar-refractivity contribution in [1.29, 1.82) is 0 Å². The summed E-state index contributed by atoms with van der Waals surface area (Å²) in [6.45, 7) is 2.11. The number of hydrogen-bond acceptors (Lipinski definition) is 4. The first-order chi connectivity index (χ1) is 11.1. The van der Waals surface area contributed by atoms with Gasteiger partial charge in [-0.1, -0.05) is 19.1 Å². The predicted molar refractivity (Wildman–Crippen MR) is 88.8 cm³/mol. The van der Waals surface area contributed by atoms with E-state index < -0.39 is 6.10 Å². The van der Waals surface area contributed by atoms with Gasteiger partial charge in [-0.05, 0) is 42.5 Å². The molecular weight excluding hydrogens is 290 g/mol. The third-order valence-electron chi connectivity index (χ3n) is 3.92. The topological polar surface area (TPSA) is 75.1 Å². The van der Waals surface area contributed by atoms with Crippen LogP contribution >= 0.6 is 0 Å². The number of hydrogen-bond donors (Lipinski definition) is 2. The fourth-order valence-corrected chi connectivity index (χ4v) is 2.90. The lowest BCUT2D eigenvalue weighted by molar-refractivity contribution is 0.102. The van der Waals surface area contributed by atoms with Crippen molar-refractivity contribution in [3.05, 3.63) is 60.2 Å². The van der Waals surface area contributed by atoms with Crippen LogP contribution in [0.2, 0.25) is 0 Å².